The highest BCUT2D eigenvalue weighted by Crippen LogP contribution is 2.47. The van der Waals surface area contributed by atoms with E-state index >= 15 is 0 Å². The SMILES string of the molecule is CC1(C)CC(=O)C2(OC(c3ccc(Cl)cc3)=NS2)C(=O)C1. The summed E-state index contributed by atoms with van der Waals surface area (Å²) in [6.07, 6.45) is 0.629. The molecule has 110 valence electrons. The van der Waals surface area contributed by atoms with Gasteiger partial charge in [0.1, 0.15) is 0 Å². The van der Waals surface area contributed by atoms with Gasteiger partial charge in [0.15, 0.2) is 11.6 Å². The van der Waals surface area contributed by atoms with Crippen molar-refractivity contribution in [3.8, 4) is 0 Å². The van der Waals surface area contributed by atoms with Crippen LogP contribution in [0.25, 0.3) is 0 Å². The van der Waals surface area contributed by atoms with Gasteiger partial charge < -0.3 is 4.74 Å². The molecule has 0 amide bonds. The lowest BCUT2D eigenvalue weighted by atomic mass is 9.74. The fraction of sp³-hybridized carbons (Fsp3) is 0.400. The highest BCUT2D eigenvalue weighted by Gasteiger charge is 2.58. The number of benzene rings is 1. The summed E-state index contributed by atoms with van der Waals surface area (Å²) >= 11 is 6.77. The summed E-state index contributed by atoms with van der Waals surface area (Å²) in [5.74, 6) is -0.110. The van der Waals surface area contributed by atoms with Crippen LogP contribution in [0.5, 0.6) is 0 Å². The maximum absolute atomic E-state index is 12.4. The summed E-state index contributed by atoms with van der Waals surface area (Å²) in [7, 11) is 0. The summed E-state index contributed by atoms with van der Waals surface area (Å²) in [5, 5.41) is 0.603. The van der Waals surface area contributed by atoms with E-state index in [2.05, 4.69) is 4.40 Å². The molecule has 1 aliphatic carbocycles. The number of rotatable bonds is 1. The van der Waals surface area contributed by atoms with Gasteiger partial charge in [-0.05, 0) is 29.7 Å². The number of carbonyl (C=O) groups is 2. The molecule has 3 rings (SSSR count). The Morgan fingerprint density at radius 1 is 1.14 bits per heavy atom. The zero-order chi connectivity index (χ0) is 15.3. The molecule has 1 saturated carbocycles. The maximum Gasteiger partial charge on any atom is 0.292 e. The molecule has 0 N–H and O–H groups in total. The molecule has 0 radical (unpaired) electrons. The monoisotopic (exact) mass is 323 g/mol. The van der Waals surface area contributed by atoms with Crippen LogP contribution in [0.15, 0.2) is 28.7 Å². The van der Waals surface area contributed by atoms with E-state index in [0.717, 1.165) is 11.9 Å². The van der Waals surface area contributed by atoms with Crippen LogP contribution in [-0.2, 0) is 14.3 Å². The fourth-order valence-corrected chi connectivity index (χ4v) is 3.46. The molecule has 2 aliphatic rings. The Morgan fingerprint density at radius 2 is 1.71 bits per heavy atom. The normalized spacial score (nSPS) is 23.1. The van der Waals surface area contributed by atoms with E-state index in [1.807, 2.05) is 13.8 Å². The molecule has 1 heterocycles. The van der Waals surface area contributed by atoms with Crippen molar-refractivity contribution in [2.75, 3.05) is 0 Å². The van der Waals surface area contributed by atoms with E-state index in [-0.39, 0.29) is 17.0 Å². The molecule has 0 bridgehead atoms. The summed E-state index contributed by atoms with van der Waals surface area (Å²) in [6.45, 7) is 3.83. The predicted octanol–water partition coefficient (Wildman–Crippen LogP) is 3.42. The van der Waals surface area contributed by atoms with Crippen LogP contribution in [0, 0.1) is 5.41 Å². The molecular weight excluding hydrogens is 310 g/mol. The average Bonchev–Trinajstić information content (AvgIpc) is 2.83. The number of carbonyl (C=O) groups excluding carboxylic acids is 2. The highest BCUT2D eigenvalue weighted by atomic mass is 35.5. The Kier molecular flexibility index (Phi) is 3.37. The smallest absolute Gasteiger partial charge is 0.292 e. The molecule has 1 aliphatic heterocycles. The van der Waals surface area contributed by atoms with Gasteiger partial charge >= 0.3 is 0 Å². The minimum atomic E-state index is -1.48. The highest BCUT2D eigenvalue weighted by molar-refractivity contribution is 8.01. The third-order valence-electron chi connectivity index (χ3n) is 3.60. The number of hydrogen-bond acceptors (Lipinski definition) is 5. The third-order valence-corrected chi connectivity index (χ3v) is 4.91. The van der Waals surface area contributed by atoms with Gasteiger partial charge in [-0.3, -0.25) is 9.59 Å². The molecule has 1 aromatic carbocycles. The minimum absolute atomic E-state index is 0.207. The molecular formula is C15H14ClNO3S. The standard InChI is InChI=1S/C15H14ClNO3S/c1-14(2)7-11(18)15(12(19)8-14)20-13(17-21-15)9-3-5-10(16)6-4-9/h3-6H,7-8H2,1-2H3. The fourth-order valence-electron chi connectivity index (χ4n) is 2.52. The number of Topliss-reactive ketones (excluding diaryl/α,β-unsaturated/α-hetero) is 2. The van der Waals surface area contributed by atoms with Crippen molar-refractivity contribution in [2.24, 2.45) is 9.81 Å². The zero-order valence-corrected chi connectivity index (χ0v) is 13.3. The zero-order valence-electron chi connectivity index (χ0n) is 11.7. The minimum Gasteiger partial charge on any atom is -0.442 e. The van der Waals surface area contributed by atoms with Gasteiger partial charge in [-0.1, -0.05) is 25.4 Å². The van der Waals surface area contributed by atoms with E-state index in [9.17, 15) is 9.59 Å². The van der Waals surface area contributed by atoms with Crippen LogP contribution in [0.4, 0.5) is 0 Å². The Balaban J connectivity index is 1.86. The molecule has 1 aromatic rings. The largest absolute Gasteiger partial charge is 0.442 e. The van der Waals surface area contributed by atoms with Crippen molar-refractivity contribution in [2.45, 2.75) is 31.6 Å². The second kappa shape index (κ2) is 4.85. The van der Waals surface area contributed by atoms with Gasteiger partial charge in [0.2, 0.25) is 5.90 Å². The van der Waals surface area contributed by atoms with E-state index in [4.69, 9.17) is 16.3 Å². The molecule has 1 spiro atoms. The second-order valence-corrected chi connectivity index (χ2v) is 7.45. The second-order valence-electron chi connectivity index (χ2n) is 6.08. The summed E-state index contributed by atoms with van der Waals surface area (Å²) in [6, 6.07) is 6.93. The van der Waals surface area contributed by atoms with Crippen molar-refractivity contribution in [3.63, 3.8) is 0 Å². The number of halogens is 1. The van der Waals surface area contributed by atoms with Crippen molar-refractivity contribution in [1.29, 1.82) is 0 Å². The number of hydrogen-bond donors (Lipinski definition) is 0. The Morgan fingerprint density at radius 3 is 2.29 bits per heavy atom. The van der Waals surface area contributed by atoms with E-state index in [1.165, 1.54) is 0 Å². The van der Waals surface area contributed by atoms with Gasteiger partial charge in [-0.2, -0.15) is 4.40 Å². The summed E-state index contributed by atoms with van der Waals surface area (Å²) in [4.78, 5) is 23.3. The molecule has 21 heavy (non-hydrogen) atoms. The van der Waals surface area contributed by atoms with E-state index in [0.29, 0.717) is 29.3 Å². The quantitative estimate of drug-likeness (QED) is 0.587. The number of ether oxygens (including phenoxy) is 1. The van der Waals surface area contributed by atoms with Gasteiger partial charge in [0.25, 0.3) is 4.93 Å². The Bertz CT molecular complexity index is 631. The molecule has 0 saturated heterocycles. The molecule has 0 aromatic heterocycles. The lowest BCUT2D eigenvalue weighted by Crippen LogP contribution is -2.51. The molecule has 4 nitrogen and oxygen atoms in total. The lowest BCUT2D eigenvalue weighted by molar-refractivity contribution is -0.147. The average molecular weight is 324 g/mol. The van der Waals surface area contributed by atoms with Crippen LogP contribution >= 0.6 is 23.5 Å². The molecule has 0 unspecified atom stereocenters. The Labute approximate surface area is 132 Å². The number of nitrogens with zero attached hydrogens (tertiary/aromatic N) is 1. The maximum atomic E-state index is 12.4. The van der Waals surface area contributed by atoms with Crippen molar-refractivity contribution >= 4 is 41.0 Å². The first kappa shape index (κ1) is 14.6. The van der Waals surface area contributed by atoms with Crippen molar-refractivity contribution in [1.82, 2.24) is 0 Å². The van der Waals surface area contributed by atoms with Crippen LogP contribution in [0.2, 0.25) is 5.02 Å². The van der Waals surface area contributed by atoms with Crippen molar-refractivity contribution in [3.05, 3.63) is 34.9 Å². The Hall–Kier alpha value is -1.33. The van der Waals surface area contributed by atoms with Gasteiger partial charge in [0.05, 0.1) is 0 Å². The van der Waals surface area contributed by atoms with Gasteiger partial charge in [0, 0.05) is 35.4 Å². The topological polar surface area (TPSA) is 55.7 Å². The first-order chi connectivity index (χ1) is 9.82. The van der Waals surface area contributed by atoms with Crippen LogP contribution < -0.4 is 0 Å². The van der Waals surface area contributed by atoms with Gasteiger partial charge in [-0.25, -0.2) is 0 Å². The molecule has 0 atom stereocenters. The van der Waals surface area contributed by atoms with Crippen LogP contribution in [0.3, 0.4) is 0 Å². The van der Waals surface area contributed by atoms with Crippen LogP contribution in [-0.4, -0.2) is 22.4 Å². The van der Waals surface area contributed by atoms with Crippen LogP contribution in [0.1, 0.15) is 32.3 Å². The first-order valence-corrected chi connectivity index (χ1v) is 7.75. The van der Waals surface area contributed by atoms with E-state index in [1.54, 1.807) is 24.3 Å². The third kappa shape index (κ3) is 2.49. The summed E-state index contributed by atoms with van der Waals surface area (Å²) in [5.41, 5.74) is 0.390. The molecule has 1 fully saturated rings. The lowest BCUT2D eigenvalue weighted by Gasteiger charge is -2.36. The van der Waals surface area contributed by atoms with Crippen molar-refractivity contribution < 1.29 is 14.3 Å². The first-order valence-electron chi connectivity index (χ1n) is 6.60. The number of ketones is 2. The molecule has 6 heteroatoms. The summed E-state index contributed by atoms with van der Waals surface area (Å²) < 4.78 is 9.89. The van der Waals surface area contributed by atoms with E-state index < -0.39 is 4.93 Å². The predicted molar refractivity (Wildman–Crippen MR) is 82.4 cm³/mol. The van der Waals surface area contributed by atoms with Gasteiger partial charge in [-0.15, -0.1) is 0 Å².